The summed E-state index contributed by atoms with van der Waals surface area (Å²) in [5.74, 6) is 0.127. The molecule has 0 unspecified atom stereocenters. The average Bonchev–Trinajstić information content (AvgIpc) is 1.93. The van der Waals surface area contributed by atoms with Crippen LogP contribution in [0.1, 0.15) is 35.5 Å². The first-order valence-corrected chi connectivity index (χ1v) is 3.58. The first-order chi connectivity index (χ1) is 4.31. The lowest BCUT2D eigenvalue weighted by Crippen LogP contribution is -2.20. The van der Waals surface area contributed by atoms with E-state index in [1.165, 1.54) is 0 Å². The Morgan fingerprint density at radius 3 is 2.00 bits per heavy atom. The second-order valence-electron chi connectivity index (χ2n) is 1.31. The van der Waals surface area contributed by atoms with E-state index in [0.29, 0.717) is 6.42 Å². The summed E-state index contributed by atoms with van der Waals surface area (Å²) in [6.07, 6.45) is 0.591. The average molecular weight is 133 g/mol. The van der Waals surface area contributed by atoms with Crippen LogP contribution in [0.2, 0.25) is 0 Å². The predicted molar refractivity (Wildman–Crippen MR) is 42.4 cm³/mol. The van der Waals surface area contributed by atoms with Crippen molar-refractivity contribution >= 4 is 5.91 Å². The minimum absolute atomic E-state index is 0. The molecule has 0 saturated heterocycles. The molecule has 0 aliphatic carbocycles. The van der Waals surface area contributed by atoms with Gasteiger partial charge >= 0.3 is 0 Å². The molecule has 0 aliphatic rings. The molecule has 1 N–H and O–H groups in total. The van der Waals surface area contributed by atoms with Crippen molar-refractivity contribution < 1.29 is 6.22 Å². The highest BCUT2D eigenvalue weighted by Gasteiger charge is 1.88. The van der Waals surface area contributed by atoms with Gasteiger partial charge in [0.25, 0.3) is 0 Å². The van der Waals surface area contributed by atoms with E-state index >= 15 is 0 Å². The van der Waals surface area contributed by atoms with Crippen molar-refractivity contribution in [3.05, 3.63) is 0 Å². The molecule has 58 valence electrons. The second kappa shape index (κ2) is 10.5. The summed E-state index contributed by atoms with van der Waals surface area (Å²) in [6, 6.07) is 0. The molecular weight excluding hydrogens is 114 g/mol. The molecule has 1 amide bonds. The number of carbonyl (C=O) groups is 1. The zero-order chi connectivity index (χ0) is 7.70. The minimum atomic E-state index is 0. The minimum Gasteiger partial charge on any atom is -0.356 e. The Hall–Kier alpha value is -0.530. The molecule has 0 aromatic carbocycles. The molecule has 0 radical (unpaired) electrons. The maximum atomic E-state index is 10.3. The molecule has 2 nitrogen and oxygen atoms in total. The summed E-state index contributed by atoms with van der Waals surface area (Å²) >= 11 is 0. The van der Waals surface area contributed by atoms with Crippen LogP contribution in [0.15, 0.2) is 0 Å². The SMILES string of the molecule is CC.CCNC(=O)CC.[HH]. The molecular formula is C7H19NO. The molecule has 2 heteroatoms. The Balaban J connectivity index is -0.000000149. The molecule has 0 atom stereocenters. The zero-order valence-corrected chi connectivity index (χ0v) is 6.82. The highest BCUT2D eigenvalue weighted by molar-refractivity contribution is 5.75. The van der Waals surface area contributed by atoms with Gasteiger partial charge in [0.2, 0.25) is 5.91 Å². The van der Waals surface area contributed by atoms with E-state index in [4.69, 9.17) is 0 Å². The molecule has 0 aromatic rings. The molecule has 0 aromatic heterocycles. The van der Waals surface area contributed by atoms with Gasteiger partial charge in [0.05, 0.1) is 0 Å². The van der Waals surface area contributed by atoms with E-state index in [-0.39, 0.29) is 7.33 Å². The highest BCUT2D eigenvalue weighted by Crippen LogP contribution is 1.70. The molecule has 0 bridgehead atoms. The van der Waals surface area contributed by atoms with Crippen molar-refractivity contribution in [2.45, 2.75) is 34.1 Å². The van der Waals surface area contributed by atoms with Crippen LogP contribution < -0.4 is 5.32 Å². The normalized spacial score (nSPS) is 7.11. The van der Waals surface area contributed by atoms with Crippen LogP contribution in [0.5, 0.6) is 0 Å². The van der Waals surface area contributed by atoms with Crippen molar-refractivity contribution in [1.82, 2.24) is 5.32 Å². The monoisotopic (exact) mass is 133 g/mol. The number of amides is 1. The van der Waals surface area contributed by atoms with E-state index < -0.39 is 0 Å². The summed E-state index contributed by atoms with van der Waals surface area (Å²) < 4.78 is 0. The lowest BCUT2D eigenvalue weighted by Gasteiger charge is -1.93. The lowest BCUT2D eigenvalue weighted by atomic mass is 10.4. The van der Waals surface area contributed by atoms with Crippen LogP contribution >= 0.6 is 0 Å². The number of rotatable bonds is 2. The third-order valence-corrected chi connectivity index (χ3v) is 0.695. The first kappa shape index (κ1) is 11.3. The fourth-order valence-corrected chi connectivity index (χ4v) is 0.322. The van der Waals surface area contributed by atoms with Gasteiger partial charge in [0.15, 0.2) is 0 Å². The van der Waals surface area contributed by atoms with Crippen LogP contribution in [0.25, 0.3) is 0 Å². The van der Waals surface area contributed by atoms with Crippen molar-refractivity contribution in [2.24, 2.45) is 0 Å². The van der Waals surface area contributed by atoms with Gasteiger partial charge in [-0.05, 0) is 6.92 Å². The van der Waals surface area contributed by atoms with Crippen LogP contribution in [0.3, 0.4) is 0 Å². The second-order valence-corrected chi connectivity index (χ2v) is 1.31. The zero-order valence-electron chi connectivity index (χ0n) is 6.82. The van der Waals surface area contributed by atoms with E-state index in [2.05, 4.69) is 5.32 Å². The molecule has 0 aliphatic heterocycles. The van der Waals surface area contributed by atoms with Gasteiger partial charge in [-0.3, -0.25) is 4.79 Å². The van der Waals surface area contributed by atoms with E-state index in [1.54, 1.807) is 0 Å². The third-order valence-electron chi connectivity index (χ3n) is 0.695. The highest BCUT2D eigenvalue weighted by atomic mass is 16.1. The number of hydrogen-bond donors (Lipinski definition) is 1. The van der Waals surface area contributed by atoms with E-state index in [0.717, 1.165) is 6.54 Å². The summed E-state index contributed by atoms with van der Waals surface area (Å²) in [6.45, 7) is 8.49. The van der Waals surface area contributed by atoms with Crippen LogP contribution in [-0.2, 0) is 4.79 Å². The van der Waals surface area contributed by atoms with Crippen molar-refractivity contribution in [3.63, 3.8) is 0 Å². The number of carbonyl (C=O) groups excluding carboxylic acids is 1. The van der Waals surface area contributed by atoms with Gasteiger partial charge in [-0.2, -0.15) is 0 Å². The molecule has 0 fully saturated rings. The third kappa shape index (κ3) is 11.2. The number of nitrogens with one attached hydrogen (secondary N) is 1. The molecule has 0 saturated carbocycles. The van der Waals surface area contributed by atoms with Gasteiger partial charge in [-0.1, -0.05) is 20.8 Å². The van der Waals surface area contributed by atoms with Gasteiger partial charge in [0, 0.05) is 14.4 Å². The largest absolute Gasteiger partial charge is 0.356 e. The van der Waals surface area contributed by atoms with Crippen LogP contribution in [0.4, 0.5) is 0 Å². The Bertz CT molecular complexity index is 66.6. The summed E-state index contributed by atoms with van der Waals surface area (Å²) in [5.41, 5.74) is 0. The molecule has 0 rings (SSSR count). The quantitative estimate of drug-likeness (QED) is 0.611. The van der Waals surface area contributed by atoms with Gasteiger partial charge < -0.3 is 5.32 Å². The van der Waals surface area contributed by atoms with E-state index in [9.17, 15) is 4.79 Å². The van der Waals surface area contributed by atoms with Crippen LogP contribution in [0, 0.1) is 0 Å². The maximum Gasteiger partial charge on any atom is 0.219 e. The topological polar surface area (TPSA) is 29.1 Å². The summed E-state index contributed by atoms with van der Waals surface area (Å²) in [4.78, 5) is 10.3. The van der Waals surface area contributed by atoms with Crippen molar-refractivity contribution in [3.8, 4) is 0 Å². The Kier molecular flexibility index (Phi) is 13.1. The smallest absolute Gasteiger partial charge is 0.219 e. The number of hydrogen-bond acceptors (Lipinski definition) is 1. The molecule has 0 spiro atoms. The standard InChI is InChI=1S/C5H11NO.C2H6.H2/c1-3-5(7)6-4-2;1-2;/h3-4H2,1-2H3,(H,6,7);1-2H3;1H. The van der Waals surface area contributed by atoms with Crippen molar-refractivity contribution in [1.29, 1.82) is 0 Å². The van der Waals surface area contributed by atoms with E-state index in [1.807, 2.05) is 27.7 Å². The summed E-state index contributed by atoms with van der Waals surface area (Å²) in [7, 11) is 0. The Morgan fingerprint density at radius 1 is 1.44 bits per heavy atom. The van der Waals surface area contributed by atoms with Crippen molar-refractivity contribution in [2.75, 3.05) is 6.54 Å². The summed E-state index contributed by atoms with van der Waals surface area (Å²) in [5, 5.41) is 2.66. The van der Waals surface area contributed by atoms with Gasteiger partial charge in [-0.25, -0.2) is 0 Å². The van der Waals surface area contributed by atoms with Gasteiger partial charge in [-0.15, -0.1) is 0 Å². The first-order valence-electron chi connectivity index (χ1n) is 3.58. The lowest BCUT2D eigenvalue weighted by molar-refractivity contribution is -0.120. The predicted octanol–water partition coefficient (Wildman–Crippen LogP) is 1.80. The maximum absolute atomic E-state index is 10.3. The fourth-order valence-electron chi connectivity index (χ4n) is 0.322. The molecule has 0 heterocycles. The fraction of sp³-hybridized carbons (Fsp3) is 0.857. The van der Waals surface area contributed by atoms with Crippen LogP contribution in [-0.4, -0.2) is 12.5 Å². The Labute approximate surface area is 59.1 Å². The van der Waals surface area contributed by atoms with Gasteiger partial charge in [0.1, 0.15) is 0 Å². The Morgan fingerprint density at radius 2 is 1.89 bits per heavy atom. The molecule has 9 heavy (non-hydrogen) atoms.